The summed E-state index contributed by atoms with van der Waals surface area (Å²) in [5.74, 6) is -1.22. The Morgan fingerprint density at radius 1 is 0.846 bits per heavy atom. The van der Waals surface area contributed by atoms with Gasteiger partial charge in [-0.05, 0) is 47.9 Å². The van der Waals surface area contributed by atoms with Crippen LogP contribution in [0, 0.1) is 0 Å². The van der Waals surface area contributed by atoms with Crippen LogP contribution in [-0.4, -0.2) is 70.5 Å². The maximum absolute atomic E-state index is 13.1. The predicted molar refractivity (Wildman–Crippen MR) is 147 cm³/mol. The predicted octanol–water partition coefficient (Wildman–Crippen LogP) is 4.46. The molecule has 2 N–H and O–H groups in total. The van der Waals surface area contributed by atoms with Crippen molar-refractivity contribution in [2.24, 2.45) is 0 Å². The number of nitrogens with zero attached hydrogens (tertiary/aromatic N) is 2. The summed E-state index contributed by atoms with van der Waals surface area (Å²) in [7, 11) is 0. The average molecular weight is 544 g/mol. The lowest BCUT2D eigenvalue weighted by Gasteiger charge is -2.34. The maximum atomic E-state index is 13.1. The number of carboxylic acid groups (broad SMARTS) is 1. The summed E-state index contributed by atoms with van der Waals surface area (Å²) in [4.78, 5) is 54.3. The van der Waals surface area contributed by atoms with Gasteiger partial charge in [0.25, 0.3) is 11.8 Å². The van der Waals surface area contributed by atoms with Crippen LogP contribution in [-0.2, 0) is 4.79 Å². The topological polar surface area (TPSA) is 120 Å². The molecule has 1 aliphatic rings. The molecule has 4 aromatic rings. The van der Waals surface area contributed by atoms with Crippen LogP contribution in [0.1, 0.15) is 31.3 Å². The number of fused-ring (bicyclic) bond motifs is 1. The fraction of sp³-hybridized carbons (Fsp3) is 0.172. The number of carbonyl (C=O) groups excluding carboxylic acids is 3. The van der Waals surface area contributed by atoms with Crippen molar-refractivity contribution in [1.82, 2.24) is 9.80 Å². The summed E-state index contributed by atoms with van der Waals surface area (Å²) in [5, 5.41) is 13.5. The van der Waals surface area contributed by atoms with E-state index in [1.54, 1.807) is 70.5 Å². The molecule has 0 unspecified atom stereocenters. The summed E-state index contributed by atoms with van der Waals surface area (Å²) in [5.41, 5.74) is 0.864. The molecule has 0 atom stereocenters. The van der Waals surface area contributed by atoms with Crippen molar-refractivity contribution in [2.45, 2.75) is 4.90 Å². The van der Waals surface area contributed by atoms with E-state index in [0.29, 0.717) is 48.4 Å². The van der Waals surface area contributed by atoms with E-state index in [9.17, 15) is 24.3 Å². The molecule has 0 saturated carbocycles. The van der Waals surface area contributed by atoms with Crippen LogP contribution in [0.25, 0.3) is 10.8 Å². The van der Waals surface area contributed by atoms with E-state index in [1.807, 2.05) is 6.07 Å². The minimum atomic E-state index is -1.10. The Morgan fingerprint density at radius 2 is 1.54 bits per heavy atom. The number of hydrogen-bond donors (Lipinski definition) is 2. The smallest absolute Gasteiger partial charge is 0.336 e. The second kappa shape index (κ2) is 11.4. The van der Waals surface area contributed by atoms with Crippen molar-refractivity contribution >= 4 is 51.9 Å². The largest absolute Gasteiger partial charge is 0.478 e. The standard InChI is InChI=1S/C29H25N3O6S/c33-25(31-12-14-32(15-13-31)28(35)24-11-4-16-38-24)18-39-21-8-3-7-20(17-21)30-27(34)22-9-1-5-19-6-2-10-23(26(19)22)29(36)37/h1-11,16-17H,12-15,18H2,(H,30,34)(H,36,37). The first-order chi connectivity index (χ1) is 18.9. The molecule has 3 amide bonds. The molecule has 3 aromatic carbocycles. The molecule has 1 fully saturated rings. The van der Waals surface area contributed by atoms with Crippen molar-refractivity contribution in [3.05, 3.63) is 95.9 Å². The highest BCUT2D eigenvalue weighted by Crippen LogP contribution is 2.26. The van der Waals surface area contributed by atoms with Gasteiger partial charge < -0.3 is 24.6 Å². The lowest BCUT2D eigenvalue weighted by molar-refractivity contribution is -0.129. The first-order valence-corrected chi connectivity index (χ1v) is 13.3. The van der Waals surface area contributed by atoms with Crippen molar-refractivity contribution < 1.29 is 28.7 Å². The highest BCUT2D eigenvalue weighted by atomic mass is 32.2. The number of piperazine rings is 1. The van der Waals surface area contributed by atoms with Crippen molar-refractivity contribution in [3.63, 3.8) is 0 Å². The second-order valence-electron chi connectivity index (χ2n) is 8.94. The zero-order chi connectivity index (χ0) is 27.4. The Balaban J connectivity index is 1.19. The Labute approximate surface area is 228 Å². The quantitative estimate of drug-likeness (QED) is 0.330. The van der Waals surface area contributed by atoms with Gasteiger partial charge in [0.2, 0.25) is 5.91 Å². The summed E-state index contributed by atoms with van der Waals surface area (Å²) >= 11 is 1.36. The molecule has 1 aromatic heterocycles. The average Bonchev–Trinajstić information content (AvgIpc) is 3.50. The third-order valence-corrected chi connectivity index (χ3v) is 7.46. The van der Waals surface area contributed by atoms with Crippen molar-refractivity contribution in [1.29, 1.82) is 0 Å². The van der Waals surface area contributed by atoms with E-state index in [2.05, 4.69) is 5.32 Å². The van der Waals surface area contributed by atoms with Gasteiger partial charge in [0, 0.05) is 47.7 Å². The van der Waals surface area contributed by atoms with Gasteiger partial charge in [0.1, 0.15) is 0 Å². The molecule has 9 nitrogen and oxygen atoms in total. The Kier molecular flexibility index (Phi) is 7.64. The van der Waals surface area contributed by atoms with E-state index in [-0.39, 0.29) is 28.7 Å². The Hall–Kier alpha value is -4.57. The van der Waals surface area contributed by atoms with Crippen LogP contribution >= 0.6 is 11.8 Å². The third kappa shape index (κ3) is 5.80. The minimum absolute atomic E-state index is 0.0310. The molecule has 0 aliphatic carbocycles. The van der Waals surface area contributed by atoms with Gasteiger partial charge in [-0.2, -0.15) is 0 Å². The molecule has 0 radical (unpaired) electrons. The number of furan rings is 1. The normalized spacial score (nSPS) is 13.3. The van der Waals surface area contributed by atoms with Gasteiger partial charge >= 0.3 is 5.97 Å². The van der Waals surface area contributed by atoms with Gasteiger partial charge in [-0.25, -0.2) is 4.79 Å². The summed E-state index contributed by atoms with van der Waals surface area (Å²) in [6, 6.07) is 20.4. The lowest BCUT2D eigenvalue weighted by Crippen LogP contribution is -2.51. The minimum Gasteiger partial charge on any atom is -0.478 e. The molecule has 5 rings (SSSR count). The number of carbonyl (C=O) groups is 4. The molecule has 1 saturated heterocycles. The third-order valence-electron chi connectivity index (χ3n) is 6.49. The molecule has 2 heterocycles. The van der Waals surface area contributed by atoms with Crippen LogP contribution in [0.15, 0.2) is 88.4 Å². The van der Waals surface area contributed by atoms with Crippen LogP contribution in [0.5, 0.6) is 0 Å². The van der Waals surface area contributed by atoms with E-state index < -0.39 is 11.9 Å². The highest BCUT2D eigenvalue weighted by molar-refractivity contribution is 8.00. The number of carboxylic acids is 1. The van der Waals surface area contributed by atoms with E-state index in [1.165, 1.54) is 24.1 Å². The fourth-order valence-corrected chi connectivity index (χ4v) is 5.38. The summed E-state index contributed by atoms with van der Waals surface area (Å²) in [6.07, 6.45) is 1.46. The Bertz CT molecular complexity index is 1540. The van der Waals surface area contributed by atoms with Gasteiger partial charge in [-0.3, -0.25) is 14.4 Å². The van der Waals surface area contributed by atoms with Crippen LogP contribution in [0.4, 0.5) is 5.69 Å². The number of thioether (sulfide) groups is 1. The van der Waals surface area contributed by atoms with E-state index >= 15 is 0 Å². The molecule has 1 aliphatic heterocycles. The van der Waals surface area contributed by atoms with Crippen molar-refractivity contribution in [3.8, 4) is 0 Å². The number of anilines is 1. The van der Waals surface area contributed by atoms with Crippen LogP contribution in [0.3, 0.4) is 0 Å². The first-order valence-electron chi connectivity index (χ1n) is 12.3. The molecule has 0 spiro atoms. The Morgan fingerprint density at radius 3 is 2.23 bits per heavy atom. The zero-order valence-corrected chi connectivity index (χ0v) is 21.6. The molecular formula is C29H25N3O6S. The first kappa shape index (κ1) is 26.1. The molecule has 10 heteroatoms. The maximum Gasteiger partial charge on any atom is 0.336 e. The zero-order valence-electron chi connectivity index (χ0n) is 20.8. The fourth-order valence-electron chi connectivity index (χ4n) is 4.52. The van der Waals surface area contributed by atoms with Gasteiger partial charge in [0.05, 0.1) is 17.6 Å². The number of aromatic carboxylic acids is 1. The number of nitrogens with one attached hydrogen (secondary N) is 1. The van der Waals surface area contributed by atoms with Gasteiger partial charge in [0.15, 0.2) is 5.76 Å². The second-order valence-corrected chi connectivity index (χ2v) is 9.98. The van der Waals surface area contributed by atoms with Gasteiger partial charge in [-0.15, -0.1) is 11.8 Å². The molecule has 198 valence electrons. The SMILES string of the molecule is O=C(O)c1cccc2cccc(C(=O)Nc3cccc(SCC(=O)N4CCN(C(=O)c5ccco5)CC4)c3)c12. The number of hydrogen-bond acceptors (Lipinski definition) is 6. The van der Waals surface area contributed by atoms with Gasteiger partial charge in [-0.1, -0.05) is 30.3 Å². The molecule has 0 bridgehead atoms. The molecule has 39 heavy (non-hydrogen) atoms. The summed E-state index contributed by atoms with van der Waals surface area (Å²) in [6.45, 7) is 1.78. The lowest BCUT2D eigenvalue weighted by atomic mass is 9.98. The number of rotatable bonds is 7. The van der Waals surface area contributed by atoms with Crippen molar-refractivity contribution in [2.75, 3.05) is 37.2 Å². The van der Waals surface area contributed by atoms with E-state index in [0.717, 1.165) is 4.90 Å². The number of benzene rings is 3. The summed E-state index contributed by atoms with van der Waals surface area (Å²) < 4.78 is 5.18. The van der Waals surface area contributed by atoms with Crippen LogP contribution in [0.2, 0.25) is 0 Å². The monoisotopic (exact) mass is 543 g/mol. The highest BCUT2D eigenvalue weighted by Gasteiger charge is 2.26. The van der Waals surface area contributed by atoms with Crippen LogP contribution < -0.4 is 5.32 Å². The molecular weight excluding hydrogens is 518 g/mol. The van der Waals surface area contributed by atoms with E-state index in [4.69, 9.17) is 4.42 Å². The number of amides is 3.